The van der Waals surface area contributed by atoms with Gasteiger partial charge in [-0.15, -0.1) is 0 Å². The third-order valence-corrected chi connectivity index (χ3v) is 4.00. The Kier molecular flexibility index (Phi) is 6.73. The summed E-state index contributed by atoms with van der Waals surface area (Å²) in [6, 6.07) is 15.4. The summed E-state index contributed by atoms with van der Waals surface area (Å²) >= 11 is 0. The van der Waals surface area contributed by atoms with Gasteiger partial charge >= 0.3 is 5.97 Å². The van der Waals surface area contributed by atoms with Crippen molar-refractivity contribution in [2.75, 3.05) is 5.32 Å². The molecule has 0 heterocycles. The lowest BCUT2D eigenvalue weighted by molar-refractivity contribution is -0.148. The summed E-state index contributed by atoms with van der Waals surface area (Å²) in [6.07, 6.45) is 2.13. The van der Waals surface area contributed by atoms with E-state index >= 15 is 0 Å². The van der Waals surface area contributed by atoms with Crippen molar-refractivity contribution in [1.29, 1.82) is 0 Å². The van der Waals surface area contributed by atoms with E-state index in [9.17, 15) is 9.59 Å². The molecule has 4 nitrogen and oxygen atoms in total. The molecule has 2 aromatic carbocycles. The monoisotopic (exact) mass is 351 g/mol. The fourth-order valence-electron chi connectivity index (χ4n) is 2.30. The van der Waals surface area contributed by atoms with Crippen LogP contribution in [0.5, 0.6) is 0 Å². The predicted molar refractivity (Wildman–Crippen MR) is 105 cm³/mol. The first kappa shape index (κ1) is 19.4. The van der Waals surface area contributed by atoms with Crippen LogP contribution in [0.25, 0.3) is 6.08 Å². The van der Waals surface area contributed by atoms with Gasteiger partial charge in [0.2, 0.25) is 0 Å². The number of anilines is 1. The van der Waals surface area contributed by atoms with Crippen LogP contribution in [0.1, 0.15) is 43.4 Å². The fourth-order valence-corrected chi connectivity index (χ4v) is 2.30. The molecule has 2 rings (SSSR count). The molecule has 26 heavy (non-hydrogen) atoms. The topological polar surface area (TPSA) is 55.4 Å². The molecular weight excluding hydrogens is 326 g/mol. The van der Waals surface area contributed by atoms with Gasteiger partial charge in [-0.05, 0) is 49.1 Å². The SMILES string of the molecule is Cc1ccc(NC(=O)C(C)OC(=O)C=Cc2ccc(C(C)C)cc2)cc1. The van der Waals surface area contributed by atoms with Crippen molar-refractivity contribution in [1.82, 2.24) is 0 Å². The van der Waals surface area contributed by atoms with Gasteiger partial charge in [0, 0.05) is 11.8 Å². The smallest absolute Gasteiger partial charge is 0.331 e. The molecule has 0 saturated carbocycles. The highest BCUT2D eigenvalue weighted by atomic mass is 16.5. The minimum atomic E-state index is -0.878. The normalized spacial score (nSPS) is 12.2. The molecule has 2 aromatic rings. The lowest BCUT2D eigenvalue weighted by atomic mass is 10.0. The van der Waals surface area contributed by atoms with E-state index in [0.717, 1.165) is 11.1 Å². The van der Waals surface area contributed by atoms with Crippen molar-refractivity contribution in [2.45, 2.75) is 39.7 Å². The summed E-state index contributed by atoms with van der Waals surface area (Å²) in [4.78, 5) is 24.0. The van der Waals surface area contributed by atoms with Gasteiger partial charge in [0.1, 0.15) is 0 Å². The summed E-state index contributed by atoms with van der Waals surface area (Å²) in [5.74, 6) is -0.452. The minimum Gasteiger partial charge on any atom is -0.449 e. The third-order valence-electron chi connectivity index (χ3n) is 4.00. The molecule has 0 saturated heterocycles. The van der Waals surface area contributed by atoms with Crippen molar-refractivity contribution in [3.63, 3.8) is 0 Å². The van der Waals surface area contributed by atoms with Crippen molar-refractivity contribution in [2.24, 2.45) is 0 Å². The molecular formula is C22H25NO3. The van der Waals surface area contributed by atoms with Crippen molar-refractivity contribution < 1.29 is 14.3 Å². The number of hydrogen-bond donors (Lipinski definition) is 1. The van der Waals surface area contributed by atoms with Gasteiger partial charge in [-0.3, -0.25) is 4.79 Å². The maximum atomic E-state index is 12.1. The Balaban J connectivity index is 1.87. The first-order chi connectivity index (χ1) is 12.3. The van der Waals surface area contributed by atoms with Crippen LogP contribution in [-0.2, 0) is 14.3 Å². The average molecular weight is 351 g/mol. The molecule has 0 spiro atoms. The molecule has 0 aliphatic carbocycles. The summed E-state index contributed by atoms with van der Waals surface area (Å²) in [7, 11) is 0. The number of aryl methyl sites for hydroxylation is 1. The Morgan fingerprint density at radius 3 is 2.15 bits per heavy atom. The van der Waals surface area contributed by atoms with E-state index in [1.807, 2.05) is 55.5 Å². The molecule has 0 aliphatic heterocycles. The second-order valence-electron chi connectivity index (χ2n) is 6.59. The lowest BCUT2D eigenvalue weighted by Crippen LogP contribution is -2.29. The Morgan fingerprint density at radius 1 is 0.962 bits per heavy atom. The molecule has 0 aliphatic rings. The molecule has 1 amide bonds. The van der Waals surface area contributed by atoms with Crippen molar-refractivity contribution in [3.05, 3.63) is 71.3 Å². The van der Waals surface area contributed by atoms with Crippen LogP contribution in [0, 0.1) is 6.92 Å². The van der Waals surface area contributed by atoms with Crippen LogP contribution in [0.2, 0.25) is 0 Å². The number of amides is 1. The molecule has 1 atom stereocenters. The van der Waals surface area contributed by atoms with Crippen molar-refractivity contribution in [3.8, 4) is 0 Å². The number of benzene rings is 2. The second-order valence-corrected chi connectivity index (χ2v) is 6.59. The molecule has 4 heteroatoms. The largest absolute Gasteiger partial charge is 0.449 e. The maximum Gasteiger partial charge on any atom is 0.331 e. The van der Waals surface area contributed by atoms with Gasteiger partial charge in [-0.25, -0.2) is 4.79 Å². The van der Waals surface area contributed by atoms with Crippen LogP contribution in [0.15, 0.2) is 54.6 Å². The highest BCUT2D eigenvalue weighted by Gasteiger charge is 2.16. The molecule has 0 radical (unpaired) electrons. The fraction of sp³-hybridized carbons (Fsp3) is 0.273. The first-order valence-electron chi connectivity index (χ1n) is 8.71. The first-order valence-corrected chi connectivity index (χ1v) is 8.71. The second kappa shape index (κ2) is 8.99. The standard InChI is InChI=1S/C22H25NO3/c1-15(2)19-10-7-18(8-11-19)9-14-21(24)26-17(4)22(25)23-20-12-5-16(3)6-13-20/h5-15,17H,1-4H3,(H,23,25). The zero-order valence-corrected chi connectivity index (χ0v) is 15.7. The average Bonchev–Trinajstić information content (AvgIpc) is 2.62. The van der Waals surface area contributed by atoms with Crippen LogP contribution >= 0.6 is 0 Å². The van der Waals surface area contributed by atoms with Gasteiger partial charge in [-0.1, -0.05) is 55.8 Å². The molecule has 1 unspecified atom stereocenters. The zero-order valence-electron chi connectivity index (χ0n) is 15.7. The maximum absolute atomic E-state index is 12.1. The van der Waals surface area contributed by atoms with E-state index in [1.165, 1.54) is 11.6 Å². The van der Waals surface area contributed by atoms with E-state index in [0.29, 0.717) is 11.6 Å². The number of carbonyl (C=O) groups is 2. The van der Waals surface area contributed by atoms with E-state index < -0.39 is 12.1 Å². The molecule has 0 aromatic heterocycles. The highest BCUT2D eigenvalue weighted by molar-refractivity contribution is 5.96. The number of rotatable bonds is 6. The zero-order chi connectivity index (χ0) is 19.1. The number of carbonyl (C=O) groups excluding carboxylic acids is 2. The van der Waals surface area contributed by atoms with Gasteiger partial charge in [0.25, 0.3) is 5.91 Å². The van der Waals surface area contributed by atoms with Crippen molar-refractivity contribution >= 4 is 23.6 Å². The summed E-state index contributed by atoms with van der Waals surface area (Å²) < 4.78 is 5.15. The van der Waals surface area contributed by atoms with Gasteiger partial charge in [0.15, 0.2) is 6.10 Å². The Bertz CT molecular complexity index is 774. The number of hydrogen-bond acceptors (Lipinski definition) is 3. The quantitative estimate of drug-likeness (QED) is 0.606. The Hall–Kier alpha value is -2.88. The number of nitrogens with one attached hydrogen (secondary N) is 1. The van der Waals surface area contributed by atoms with Crippen LogP contribution in [-0.4, -0.2) is 18.0 Å². The molecule has 136 valence electrons. The summed E-state index contributed by atoms with van der Waals surface area (Å²) in [5.41, 5.74) is 3.92. The highest BCUT2D eigenvalue weighted by Crippen LogP contribution is 2.15. The third kappa shape index (κ3) is 5.88. The van der Waals surface area contributed by atoms with Crippen LogP contribution in [0.3, 0.4) is 0 Å². The van der Waals surface area contributed by atoms with E-state index in [2.05, 4.69) is 19.2 Å². The molecule has 0 bridgehead atoms. The minimum absolute atomic E-state index is 0.364. The Morgan fingerprint density at radius 2 is 1.58 bits per heavy atom. The molecule has 0 fully saturated rings. The number of esters is 1. The van der Waals surface area contributed by atoms with Gasteiger partial charge in [0.05, 0.1) is 0 Å². The Labute approximate surface area is 154 Å². The predicted octanol–water partition coefficient (Wildman–Crippen LogP) is 4.70. The summed E-state index contributed by atoms with van der Waals surface area (Å²) in [6.45, 7) is 7.78. The van der Waals surface area contributed by atoms with E-state index in [-0.39, 0.29) is 5.91 Å². The van der Waals surface area contributed by atoms with Crippen LogP contribution < -0.4 is 5.32 Å². The van der Waals surface area contributed by atoms with Gasteiger partial charge < -0.3 is 10.1 Å². The molecule has 1 N–H and O–H groups in total. The summed E-state index contributed by atoms with van der Waals surface area (Å²) in [5, 5.41) is 2.72. The van der Waals surface area contributed by atoms with Crippen LogP contribution in [0.4, 0.5) is 5.69 Å². The van der Waals surface area contributed by atoms with Gasteiger partial charge in [-0.2, -0.15) is 0 Å². The van der Waals surface area contributed by atoms with E-state index in [4.69, 9.17) is 4.74 Å². The number of ether oxygens (including phenoxy) is 1. The lowest BCUT2D eigenvalue weighted by Gasteiger charge is -2.12. The van der Waals surface area contributed by atoms with E-state index in [1.54, 1.807) is 13.0 Å².